The van der Waals surface area contributed by atoms with Crippen LogP contribution in [0.2, 0.25) is 0 Å². The smallest absolute Gasteiger partial charge is 0.176 e. The zero-order valence-electron chi connectivity index (χ0n) is 12.0. The molecule has 0 aliphatic rings. The van der Waals surface area contributed by atoms with Crippen molar-refractivity contribution < 1.29 is 4.74 Å². The Kier molecular flexibility index (Phi) is 4.01. The maximum absolute atomic E-state index is 6.02. The molecule has 0 saturated heterocycles. The third-order valence-corrected chi connectivity index (χ3v) is 3.44. The molecule has 0 radical (unpaired) electrons. The van der Waals surface area contributed by atoms with Gasteiger partial charge in [-0.1, -0.05) is 49.4 Å². The van der Waals surface area contributed by atoms with Crippen LogP contribution < -0.4 is 4.74 Å². The molecule has 3 aromatic rings. The first-order valence-electron chi connectivity index (χ1n) is 7.16. The number of ether oxygens (including phenoxy) is 1. The molecule has 0 saturated carbocycles. The summed E-state index contributed by atoms with van der Waals surface area (Å²) in [5.74, 6) is 0.871. The molecule has 0 bridgehead atoms. The van der Waals surface area contributed by atoms with E-state index in [0.717, 1.165) is 12.2 Å². The highest BCUT2D eigenvalue weighted by Gasteiger charge is 2.09. The lowest BCUT2D eigenvalue weighted by molar-refractivity contribution is 0.127. The second-order valence-electron chi connectivity index (χ2n) is 4.88. The van der Waals surface area contributed by atoms with Crippen molar-refractivity contribution in [3.8, 4) is 16.9 Å². The van der Waals surface area contributed by atoms with Gasteiger partial charge in [0.15, 0.2) is 6.23 Å². The standard InChI is InChI=1S/C18H18N2O/c1-2-18(20-13-12-19-14-20)21-17-10-8-16(9-11-17)15-6-4-3-5-7-15/h3-14,18H,2H2,1H3. The number of rotatable bonds is 5. The fourth-order valence-electron chi connectivity index (χ4n) is 2.31. The van der Waals surface area contributed by atoms with E-state index >= 15 is 0 Å². The molecule has 3 heteroatoms. The molecule has 1 aromatic heterocycles. The minimum atomic E-state index is -0.0184. The SMILES string of the molecule is CCC(Oc1ccc(-c2ccccc2)cc1)n1ccnc1. The van der Waals surface area contributed by atoms with E-state index < -0.39 is 0 Å². The van der Waals surface area contributed by atoms with Crippen LogP contribution in [0.4, 0.5) is 0 Å². The Morgan fingerprint density at radius 3 is 2.33 bits per heavy atom. The molecule has 21 heavy (non-hydrogen) atoms. The predicted octanol–water partition coefficient (Wildman–Crippen LogP) is 4.54. The van der Waals surface area contributed by atoms with Gasteiger partial charge in [0.1, 0.15) is 5.75 Å². The highest BCUT2D eigenvalue weighted by atomic mass is 16.5. The number of imidazole rings is 1. The van der Waals surface area contributed by atoms with Crippen molar-refractivity contribution in [2.45, 2.75) is 19.6 Å². The van der Waals surface area contributed by atoms with Crippen molar-refractivity contribution in [3.63, 3.8) is 0 Å². The molecule has 0 aliphatic carbocycles. The van der Waals surface area contributed by atoms with E-state index in [4.69, 9.17) is 4.74 Å². The summed E-state index contributed by atoms with van der Waals surface area (Å²) < 4.78 is 8.00. The van der Waals surface area contributed by atoms with Crippen LogP contribution in [0.15, 0.2) is 73.3 Å². The number of hydrogen-bond acceptors (Lipinski definition) is 2. The lowest BCUT2D eigenvalue weighted by atomic mass is 10.1. The van der Waals surface area contributed by atoms with Crippen molar-refractivity contribution in [2.75, 3.05) is 0 Å². The third kappa shape index (κ3) is 3.14. The highest BCUT2D eigenvalue weighted by molar-refractivity contribution is 5.63. The zero-order valence-corrected chi connectivity index (χ0v) is 12.0. The summed E-state index contributed by atoms with van der Waals surface area (Å²) >= 11 is 0. The van der Waals surface area contributed by atoms with Crippen LogP contribution in [0.25, 0.3) is 11.1 Å². The molecule has 3 rings (SSSR count). The first-order chi connectivity index (χ1) is 10.4. The molecule has 0 N–H and O–H groups in total. The van der Waals surface area contributed by atoms with Crippen molar-refractivity contribution in [1.29, 1.82) is 0 Å². The second-order valence-corrected chi connectivity index (χ2v) is 4.88. The van der Waals surface area contributed by atoms with E-state index in [1.807, 2.05) is 41.1 Å². The van der Waals surface area contributed by atoms with Crippen LogP contribution in [0.5, 0.6) is 5.75 Å². The van der Waals surface area contributed by atoms with E-state index in [-0.39, 0.29) is 6.23 Å². The molecule has 1 unspecified atom stereocenters. The lowest BCUT2D eigenvalue weighted by Gasteiger charge is -2.18. The van der Waals surface area contributed by atoms with Crippen LogP contribution in [-0.2, 0) is 0 Å². The van der Waals surface area contributed by atoms with Gasteiger partial charge in [0.25, 0.3) is 0 Å². The van der Waals surface area contributed by atoms with Gasteiger partial charge in [-0.15, -0.1) is 0 Å². The normalized spacial score (nSPS) is 12.0. The fraction of sp³-hybridized carbons (Fsp3) is 0.167. The van der Waals surface area contributed by atoms with Crippen molar-refractivity contribution in [2.24, 2.45) is 0 Å². The van der Waals surface area contributed by atoms with Gasteiger partial charge in [0, 0.05) is 18.8 Å². The molecule has 106 valence electrons. The summed E-state index contributed by atoms with van der Waals surface area (Å²) in [7, 11) is 0. The quantitative estimate of drug-likeness (QED) is 0.685. The molecule has 1 heterocycles. The van der Waals surface area contributed by atoms with Gasteiger partial charge >= 0.3 is 0 Å². The average Bonchev–Trinajstić information content (AvgIpc) is 3.08. The predicted molar refractivity (Wildman–Crippen MR) is 84.1 cm³/mol. The Bertz CT molecular complexity index is 660. The van der Waals surface area contributed by atoms with Gasteiger partial charge in [0.05, 0.1) is 6.33 Å². The van der Waals surface area contributed by atoms with Crippen LogP contribution in [0.3, 0.4) is 0 Å². The lowest BCUT2D eigenvalue weighted by Crippen LogP contribution is -2.13. The van der Waals surface area contributed by atoms with Gasteiger partial charge in [-0.05, 0) is 23.3 Å². The third-order valence-electron chi connectivity index (χ3n) is 3.44. The molecular weight excluding hydrogens is 260 g/mol. The zero-order chi connectivity index (χ0) is 14.5. The molecule has 0 amide bonds. The van der Waals surface area contributed by atoms with Crippen molar-refractivity contribution >= 4 is 0 Å². The van der Waals surface area contributed by atoms with Crippen molar-refractivity contribution in [1.82, 2.24) is 9.55 Å². The van der Waals surface area contributed by atoms with Gasteiger partial charge in [0.2, 0.25) is 0 Å². The Labute approximate surface area is 124 Å². The van der Waals surface area contributed by atoms with E-state index in [1.165, 1.54) is 11.1 Å². The molecular formula is C18H18N2O. The Morgan fingerprint density at radius 1 is 1.00 bits per heavy atom. The highest BCUT2D eigenvalue weighted by Crippen LogP contribution is 2.24. The maximum atomic E-state index is 6.02. The Balaban J connectivity index is 1.75. The minimum absolute atomic E-state index is 0.0184. The molecule has 3 nitrogen and oxygen atoms in total. The minimum Gasteiger partial charge on any atom is -0.470 e. The molecule has 0 aliphatic heterocycles. The topological polar surface area (TPSA) is 27.1 Å². The van der Waals surface area contributed by atoms with E-state index in [0.29, 0.717) is 0 Å². The first kappa shape index (κ1) is 13.4. The maximum Gasteiger partial charge on any atom is 0.176 e. The summed E-state index contributed by atoms with van der Waals surface area (Å²) in [6.45, 7) is 2.10. The summed E-state index contributed by atoms with van der Waals surface area (Å²) in [5.41, 5.74) is 2.41. The molecule has 1 atom stereocenters. The number of nitrogens with zero attached hydrogens (tertiary/aromatic N) is 2. The largest absolute Gasteiger partial charge is 0.470 e. The van der Waals surface area contributed by atoms with Crippen LogP contribution >= 0.6 is 0 Å². The van der Waals surface area contributed by atoms with Crippen molar-refractivity contribution in [3.05, 3.63) is 73.3 Å². The first-order valence-corrected chi connectivity index (χ1v) is 7.16. The average molecular weight is 278 g/mol. The summed E-state index contributed by atoms with van der Waals surface area (Å²) in [5, 5.41) is 0. The van der Waals surface area contributed by atoms with Gasteiger partial charge < -0.3 is 9.30 Å². The summed E-state index contributed by atoms with van der Waals surface area (Å²) in [6, 6.07) is 18.5. The number of benzene rings is 2. The van der Waals surface area contributed by atoms with Gasteiger partial charge in [-0.25, -0.2) is 4.98 Å². The number of hydrogen-bond donors (Lipinski definition) is 0. The van der Waals surface area contributed by atoms with Crippen LogP contribution in [0, 0.1) is 0 Å². The molecule has 0 fully saturated rings. The van der Waals surface area contributed by atoms with E-state index in [2.05, 4.69) is 36.2 Å². The summed E-state index contributed by atoms with van der Waals surface area (Å²) in [6.07, 6.45) is 6.34. The Hall–Kier alpha value is -2.55. The Morgan fingerprint density at radius 2 is 1.71 bits per heavy atom. The van der Waals surface area contributed by atoms with Gasteiger partial charge in [-0.3, -0.25) is 0 Å². The summed E-state index contributed by atoms with van der Waals surface area (Å²) in [4.78, 5) is 4.07. The molecule has 2 aromatic carbocycles. The van der Waals surface area contributed by atoms with E-state index in [1.54, 1.807) is 12.5 Å². The van der Waals surface area contributed by atoms with Gasteiger partial charge in [-0.2, -0.15) is 0 Å². The molecule has 0 spiro atoms. The monoisotopic (exact) mass is 278 g/mol. The van der Waals surface area contributed by atoms with Crippen LogP contribution in [-0.4, -0.2) is 9.55 Å². The van der Waals surface area contributed by atoms with Crippen LogP contribution in [0.1, 0.15) is 19.6 Å². The number of aromatic nitrogens is 2. The fourth-order valence-corrected chi connectivity index (χ4v) is 2.31. The van der Waals surface area contributed by atoms with E-state index in [9.17, 15) is 0 Å². The second kappa shape index (κ2) is 6.27.